The van der Waals surface area contributed by atoms with E-state index < -0.39 is 11.6 Å². The summed E-state index contributed by atoms with van der Waals surface area (Å²) in [5.74, 6) is -0.997. The molecule has 2 atom stereocenters. The largest absolute Gasteiger partial charge is 0.378 e. The zero-order chi connectivity index (χ0) is 17.8. The SMILES string of the molecule is CCC(c1ccc(F)cc1F)N1CCN(C(=O)C2COCCN2)CC1. The molecule has 2 saturated heterocycles. The summed E-state index contributed by atoms with van der Waals surface area (Å²) in [7, 11) is 0. The van der Waals surface area contributed by atoms with Crippen molar-refractivity contribution in [2.75, 3.05) is 45.9 Å². The average Bonchev–Trinajstić information content (AvgIpc) is 2.65. The fraction of sp³-hybridized carbons (Fsp3) is 0.611. The van der Waals surface area contributed by atoms with Crippen molar-refractivity contribution < 1.29 is 18.3 Å². The second-order valence-corrected chi connectivity index (χ2v) is 6.53. The van der Waals surface area contributed by atoms with Crippen LogP contribution in [0.5, 0.6) is 0 Å². The van der Waals surface area contributed by atoms with Gasteiger partial charge in [0.05, 0.1) is 13.2 Å². The number of halogens is 2. The minimum atomic E-state index is -0.561. The number of ether oxygens (including phenoxy) is 1. The molecule has 0 bridgehead atoms. The van der Waals surface area contributed by atoms with Gasteiger partial charge in [0.25, 0.3) is 0 Å². The predicted molar refractivity (Wildman–Crippen MR) is 90.2 cm³/mol. The molecular weight excluding hydrogens is 328 g/mol. The fourth-order valence-corrected chi connectivity index (χ4v) is 3.64. The normalized spacial score (nSPS) is 23.5. The van der Waals surface area contributed by atoms with Crippen molar-refractivity contribution in [2.45, 2.75) is 25.4 Å². The minimum Gasteiger partial charge on any atom is -0.378 e. The third-order valence-electron chi connectivity index (χ3n) is 4.99. The maximum Gasteiger partial charge on any atom is 0.242 e. The third-order valence-corrected chi connectivity index (χ3v) is 4.99. The van der Waals surface area contributed by atoms with E-state index >= 15 is 0 Å². The summed E-state index contributed by atoms with van der Waals surface area (Å²) in [6, 6.07) is 3.40. The molecule has 1 aromatic carbocycles. The smallest absolute Gasteiger partial charge is 0.242 e. The number of carbonyl (C=O) groups excluding carboxylic acids is 1. The van der Waals surface area contributed by atoms with E-state index in [1.165, 1.54) is 12.1 Å². The Morgan fingerprint density at radius 2 is 2.08 bits per heavy atom. The first-order valence-corrected chi connectivity index (χ1v) is 8.89. The average molecular weight is 353 g/mol. The van der Waals surface area contributed by atoms with E-state index in [4.69, 9.17) is 4.74 Å². The Hall–Kier alpha value is -1.57. The molecule has 2 fully saturated rings. The van der Waals surface area contributed by atoms with Crippen LogP contribution in [0.1, 0.15) is 24.9 Å². The molecule has 0 spiro atoms. The van der Waals surface area contributed by atoms with Gasteiger partial charge in [-0.3, -0.25) is 9.69 Å². The molecule has 7 heteroatoms. The number of rotatable bonds is 4. The van der Waals surface area contributed by atoms with Gasteiger partial charge in [-0.05, 0) is 12.5 Å². The Morgan fingerprint density at radius 1 is 1.32 bits per heavy atom. The van der Waals surface area contributed by atoms with Crippen molar-refractivity contribution in [3.05, 3.63) is 35.4 Å². The van der Waals surface area contributed by atoms with Crippen LogP contribution in [0.4, 0.5) is 8.78 Å². The molecule has 0 aliphatic carbocycles. The van der Waals surface area contributed by atoms with Gasteiger partial charge in [-0.2, -0.15) is 0 Å². The molecule has 0 aromatic heterocycles. The van der Waals surface area contributed by atoms with Crippen molar-refractivity contribution in [2.24, 2.45) is 0 Å². The Bertz CT molecular complexity index is 600. The van der Waals surface area contributed by atoms with Gasteiger partial charge < -0.3 is 15.0 Å². The summed E-state index contributed by atoms with van der Waals surface area (Å²) >= 11 is 0. The molecule has 0 radical (unpaired) electrons. The van der Waals surface area contributed by atoms with Crippen LogP contribution in [0.25, 0.3) is 0 Å². The lowest BCUT2D eigenvalue weighted by Crippen LogP contribution is -2.57. The lowest BCUT2D eigenvalue weighted by Gasteiger charge is -2.40. The zero-order valence-corrected chi connectivity index (χ0v) is 14.5. The first-order valence-electron chi connectivity index (χ1n) is 8.89. The lowest BCUT2D eigenvalue weighted by atomic mass is 10.0. The van der Waals surface area contributed by atoms with Gasteiger partial charge in [-0.1, -0.05) is 13.0 Å². The van der Waals surface area contributed by atoms with Crippen molar-refractivity contribution in [3.63, 3.8) is 0 Å². The van der Waals surface area contributed by atoms with Crippen molar-refractivity contribution in [3.8, 4) is 0 Å². The molecule has 3 rings (SSSR count). The van der Waals surface area contributed by atoms with Gasteiger partial charge in [0.2, 0.25) is 5.91 Å². The van der Waals surface area contributed by atoms with Crippen LogP contribution >= 0.6 is 0 Å². The monoisotopic (exact) mass is 353 g/mol. The number of piperazine rings is 1. The molecule has 138 valence electrons. The topological polar surface area (TPSA) is 44.8 Å². The number of nitrogens with one attached hydrogen (secondary N) is 1. The summed E-state index contributed by atoms with van der Waals surface area (Å²) < 4.78 is 32.7. The first kappa shape index (κ1) is 18.2. The van der Waals surface area contributed by atoms with Gasteiger partial charge in [-0.25, -0.2) is 8.78 Å². The van der Waals surface area contributed by atoms with Crippen LogP contribution in [0.15, 0.2) is 18.2 Å². The van der Waals surface area contributed by atoms with Gasteiger partial charge >= 0.3 is 0 Å². The summed E-state index contributed by atoms with van der Waals surface area (Å²) in [4.78, 5) is 16.5. The van der Waals surface area contributed by atoms with E-state index in [-0.39, 0.29) is 18.0 Å². The first-order chi connectivity index (χ1) is 12.1. The van der Waals surface area contributed by atoms with Gasteiger partial charge in [-0.15, -0.1) is 0 Å². The van der Waals surface area contributed by atoms with Gasteiger partial charge in [0.15, 0.2) is 0 Å². The summed E-state index contributed by atoms with van der Waals surface area (Å²) in [5.41, 5.74) is 0.519. The van der Waals surface area contributed by atoms with E-state index in [0.29, 0.717) is 51.5 Å². The highest BCUT2D eigenvalue weighted by atomic mass is 19.1. The quantitative estimate of drug-likeness (QED) is 0.892. The molecule has 1 amide bonds. The molecule has 2 unspecified atom stereocenters. The number of hydrogen-bond donors (Lipinski definition) is 1. The van der Waals surface area contributed by atoms with Crippen LogP contribution in [0.2, 0.25) is 0 Å². The summed E-state index contributed by atoms with van der Waals surface area (Å²) in [5, 5.41) is 3.18. The zero-order valence-electron chi connectivity index (χ0n) is 14.5. The number of nitrogens with zero attached hydrogens (tertiary/aromatic N) is 2. The highest BCUT2D eigenvalue weighted by Crippen LogP contribution is 2.28. The highest BCUT2D eigenvalue weighted by Gasteiger charge is 2.31. The number of hydrogen-bond acceptors (Lipinski definition) is 4. The van der Waals surface area contributed by atoms with E-state index in [9.17, 15) is 13.6 Å². The van der Waals surface area contributed by atoms with Crippen LogP contribution < -0.4 is 5.32 Å². The second kappa shape index (κ2) is 8.21. The molecule has 2 heterocycles. The third kappa shape index (κ3) is 4.16. The fourth-order valence-electron chi connectivity index (χ4n) is 3.64. The molecule has 2 aliphatic heterocycles. The number of morpholine rings is 1. The standard InChI is InChI=1S/C18H25F2N3O2/c1-2-17(14-4-3-13(19)11-15(14)20)22-6-8-23(9-7-22)18(24)16-12-25-10-5-21-16/h3-4,11,16-17,21H,2,5-10,12H2,1H3. The number of carbonyl (C=O) groups is 1. The van der Waals surface area contributed by atoms with E-state index in [2.05, 4.69) is 10.2 Å². The van der Waals surface area contributed by atoms with Crippen LogP contribution in [-0.2, 0) is 9.53 Å². The van der Waals surface area contributed by atoms with Crippen molar-refractivity contribution in [1.29, 1.82) is 0 Å². The number of amides is 1. The molecule has 0 saturated carbocycles. The summed E-state index contributed by atoms with van der Waals surface area (Å²) in [6.45, 7) is 6.30. The molecule has 2 aliphatic rings. The maximum absolute atomic E-state index is 14.1. The molecule has 1 N–H and O–H groups in total. The molecule has 5 nitrogen and oxygen atoms in total. The lowest BCUT2D eigenvalue weighted by molar-refractivity contribution is -0.138. The van der Waals surface area contributed by atoms with Gasteiger partial charge in [0, 0.05) is 50.4 Å². The van der Waals surface area contributed by atoms with E-state index in [1.54, 1.807) is 0 Å². The van der Waals surface area contributed by atoms with Gasteiger partial charge in [0.1, 0.15) is 17.7 Å². The maximum atomic E-state index is 14.1. The Kier molecular flexibility index (Phi) is 5.98. The molecular formula is C18H25F2N3O2. The van der Waals surface area contributed by atoms with E-state index in [0.717, 1.165) is 12.5 Å². The number of benzene rings is 1. The Morgan fingerprint density at radius 3 is 2.68 bits per heavy atom. The van der Waals surface area contributed by atoms with Crippen LogP contribution in [0, 0.1) is 11.6 Å². The van der Waals surface area contributed by atoms with Crippen molar-refractivity contribution >= 4 is 5.91 Å². The summed E-state index contributed by atoms with van der Waals surface area (Å²) in [6.07, 6.45) is 0.731. The van der Waals surface area contributed by atoms with Crippen LogP contribution in [-0.4, -0.2) is 67.7 Å². The second-order valence-electron chi connectivity index (χ2n) is 6.53. The van der Waals surface area contributed by atoms with E-state index in [1.807, 2.05) is 11.8 Å². The predicted octanol–water partition coefficient (Wildman–Crippen LogP) is 1.55. The Labute approximate surface area is 146 Å². The molecule has 1 aromatic rings. The van der Waals surface area contributed by atoms with Crippen LogP contribution in [0.3, 0.4) is 0 Å². The van der Waals surface area contributed by atoms with Crippen molar-refractivity contribution in [1.82, 2.24) is 15.1 Å². The molecule has 25 heavy (non-hydrogen) atoms. The Balaban J connectivity index is 1.61. The highest BCUT2D eigenvalue weighted by molar-refractivity contribution is 5.82. The minimum absolute atomic E-state index is 0.0698.